The van der Waals surface area contributed by atoms with Gasteiger partial charge in [-0.05, 0) is 38.0 Å². The summed E-state index contributed by atoms with van der Waals surface area (Å²) in [5.74, 6) is -3.70. The maximum absolute atomic E-state index is 10.6. The summed E-state index contributed by atoms with van der Waals surface area (Å²) >= 11 is 0. The van der Waals surface area contributed by atoms with Crippen LogP contribution in [0.4, 0.5) is 26.3 Å². The first-order valence-electron chi connectivity index (χ1n) is 12.3. The van der Waals surface area contributed by atoms with Crippen LogP contribution in [-0.2, 0) is 37.4 Å². The van der Waals surface area contributed by atoms with E-state index in [4.69, 9.17) is 34.0 Å². The highest BCUT2D eigenvalue weighted by atomic mass is 19.4. The molecule has 0 unspecified atom stereocenters. The summed E-state index contributed by atoms with van der Waals surface area (Å²) in [6.45, 7) is 5.44. The van der Waals surface area contributed by atoms with Crippen LogP contribution in [0.3, 0.4) is 0 Å². The molecule has 3 aliphatic heterocycles. The molecule has 0 aromatic carbocycles. The summed E-state index contributed by atoms with van der Waals surface area (Å²) in [6, 6.07) is 0.545. The van der Waals surface area contributed by atoms with Gasteiger partial charge in [-0.25, -0.2) is 14.6 Å². The molecule has 0 saturated carbocycles. The largest absolute Gasteiger partial charge is 0.490 e. The van der Waals surface area contributed by atoms with Crippen LogP contribution in [0.2, 0.25) is 0 Å². The Bertz CT molecular complexity index is 882. The quantitative estimate of drug-likeness (QED) is 0.491. The van der Waals surface area contributed by atoms with Gasteiger partial charge in [0.2, 0.25) is 0 Å². The van der Waals surface area contributed by atoms with Gasteiger partial charge in [0.05, 0.1) is 25.4 Å². The zero-order valence-corrected chi connectivity index (χ0v) is 21.3. The fourth-order valence-corrected chi connectivity index (χ4v) is 4.41. The SMILES string of the molecule is Cn1ccnc1CN1CC[C@@H]2O[C@@H](COCC3CCOCC3)CC[C@@H]21.O=C(O)C(F)(F)F.O=C(O)C(F)(F)F. The summed E-state index contributed by atoms with van der Waals surface area (Å²) in [5.41, 5.74) is 0. The van der Waals surface area contributed by atoms with Crippen molar-refractivity contribution in [1.29, 1.82) is 0 Å². The predicted molar refractivity (Wildman–Crippen MR) is 122 cm³/mol. The first kappa shape index (κ1) is 32.8. The van der Waals surface area contributed by atoms with E-state index in [9.17, 15) is 26.3 Å². The Balaban J connectivity index is 0.000000317. The molecule has 39 heavy (non-hydrogen) atoms. The van der Waals surface area contributed by atoms with Gasteiger partial charge < -0.3 is 29.0 Å². The third-order valence-corrected chi connectivity index (χ3v) is 6.50. The highest BCUT2D eigenvalue weighted by molar-refractivity contribution is 5.73. The molecule has 3 atom stereocenters. The Labute approximate surface area is 220 Å². The van der Waals surface area contributed by atoms with Crippen molar-refractivity contribution in [2.75, 3.05) is 33.0 Å². The van der Waals surface area contributed by atoms with Crippen LogP contribution >= 0.6 is 0 Å². The Morgan fingerprint density at radius 2 is 1.59 bits per heavy atom. The zero-order valence-electron chi connectivity index (χ0n) is 21.3. The fraction of sp³-hybridized carbons (Fsp3) is 0.783. The molecule has 0 aliphatic carbocycles. The third kappa shape index (κ3) is 11.3. The van der Waals surface area contributed by atoms with Crippen molar-refractivity contribution in [1.82, 2.24) is 14.5 Å². The van der Waals surface area contributed by atoms with Crippen LogP contribution in [0.1, 0.15) is 37.9 Å². The van der Waals surface area contributed by atoms with E-state index in [1.54, 1.807) is 0 Å². The monoisotopic (exact) mass is 577 g/mol. The van der Waals surface area contributed by atoms with Crippen molar-refractivity contribution in [2.24, 2.45) is 13.0 Å². The minimum atomic E-state index is -5.08. The predicted octanol–water partition coefficient (Wildman–Crippen LogP) is 3.25. The molecular formula is C23H33F6N3O7. The fourth-order valence-electron chi connectivity index (χ4n) is 4.41. The van der Waals surface area contributed by atoms with Gasteiger partial charge in [0.25, 0.3) is 0 Å². The van der Waals surface area contributed by atoms with E-state index in [1.807, 2.05) is 12.4 Å². The maximum atomic E-state index is 10.6. The van der Waals surface area contributed by atoms with Gasteiger partial charge >= 0.3 is 24.3 Å². The van der Waals surface area contributed by atoms with E-state index < -0.39 is 24.3 Å². The van der Waals surface area contributed by atoms with Gasteiger partial charge in [-0.2, -0.15) is 26.3 Å². The second kappa shape index (κ2) is 14.8. The lowest BCUT2D eigenvalue weighted by atomic mass is 9.99. The average Bonchev–Trinajstić information content (AvgIpc) is 3.45. The topological polar surface area (TPSA) is 123 Å². The van der Waals surface area contributed by atoms with Crippen LogP contribution < -0.4 is 0 Å². The molecule has 4 rings (SSSR count). The number of fused-ring (bicyclic) bond motifs is 1. The third-order valence-electron chi connectivity index (χ3n) is 6.50. The summed E-state index contributed by atoms with van der Waals surface area (Å²) in [4.78, 5) is 24.8. The smallest absolute Gasteiger partial charge is 0.475 e. The van der Waals surface area contributed by atoms with E-state index in [2.05, 4.69) is 21.5 Å². The molecule has 0 radical (unpaired) electrons. The van der Waals surface area contributed by atoms with Gasteiger partial charge in [-0.15, -0.1) is 0 Å². The standard InChI is InChI=1S/C19H31N3O3.2C2HF3O2/c1-21-9-7-20-19(21)12-22-8-4-18-17(22)3-2-16(25-18)14-24-13-15-5-10-23-11-6-15;2*3-2(4,5)1(6)7/h7,9,15-18H,2-6,8,10-14H2,1H3;2*(H,6,7)/t16-,17+,18+;;/m1../s1. The zero-order chi connectivity index (χ0) is 29.2. The van der Waals surface area contributed by atoms with Crippen LogP contribution in [-0.4, -0.2) is 100 Å². The molecule has 3 saturated heterocycles. The minimum absolute atomic E-state index is 0.272. The Morgan fingerprint density at radius 3 is 2.10 bits per heavy atom. The molecule has 0 spiro atoms. The number of carboxylic acid groups (broad SMARTS) is 2. The number of alkyl halides is 6. The van der Waals surface area contributed by atoms with E-state index >= 15 is 0 Å². The lowest BCUT2D eigenvalue weighted by molar-refractivity contribution is -0.193. The number of carbonyl (C=O) groups is 2. The Hall–Kier alpha value is -2.43. The van der Waals surface area contributed by atoms with Gasteiger partial charge in [0, 0.05) is 51.8 Å². The van der Waals surface area contributed by atoms with Crippen LogP contribution in [0.25, 0.3) is 0 Å². The molecule has 2 N–H and O–H groups in total. The first-order valence-corrected chi connectivity index (χ1v) is 12.3. The van der Waals surface area contributed by atoms with E-state index in [0.29, 0.717) is 18.1 Å². The van der Waals surface area contributed by atoms with Crippen molar-refractivity contribution in [3.63, 3.8) is 0 Å². The molecule has 3 fully saturated rings. The molecule has 10 nitrogen and oxygen atoms in total. The molecular weight excluding hydrogens is 544 g/mol. The number of aromatic nitrogens is 2. The number of rotatable bonds is 6. The van der Waals surface area contributed by atoms with Crippen LogP contribution in [0, 0.1) is 5.92 Å². The van der Waals surface area contributed by atoms with Crippen molar-refractivity contribution in [2.45, 2.75) is 69.3 Å². The summed E-state index contributed by atoms with van der Waals surface area (Å²) in [7, 11) is 2.07. The number of ether oxygens (including phenoxy) is 3. The molecule has 3 aliphatic rings. The molecule has 0 amide bonds. The molecule has 16 heteroatoms. The number of halogens is 6. The number of carboxylic acids is 2. The van der Waals surface area contributed by atoms with E-state index in [1.165, 1.54) is 6.42 Å². The Kier molecular flexibility index (Phi) is 12.5. The molecule has 1 aromatic heterocycles. The highest BCUT2D eigenvalue weighted by Gasteiger charge is 2.40. The highest BCUT2D eigenvalue weighted by Crippen LogP contribution is 2.32. The van der Waals surface area contributed by atoms with Gasteiger partial charge in [-0.3, -0.25) is 4.90 Å². The summed E-state index contributed by atoms with van der Waals surface area (Å²) in [5, 5.41) is 14.2. The van der Waals surface area contributed by atoms with Crippen molar-refractivity contribution < 1.29 is 60.4 Å². The molecule has 224 valence electrons. The lowest BCUT2D eigenvalue weighted by Crippen LogP contribution is -2.43. The molecule has 0 bridgehead atoms. The van der Waals surface area contributed by atoms with Gasteiger partial charge in [-0.1, -0.05) is 0 Å². The summed E-state index contributed by atoms with van der Waals surface area (Å²) in [6.07, 6.45) is 0.0900. The van der Waals surface area contributed by atoms with Crippen LogP contribution in [0.15, 0.2) is 12.4 Å². The molecule has 4 heterocycles. The Morgan fingerprint density at radius 1 is 1.00 bits per heavy atom. The number of hydrogen-bond donors (Lipinski definition) is 2. The van der Waals surface area contributed by atoms with Crippen molar-refractivity contribution in [3.8, 4) is 0 Å². The van der Waals surface area contributed by atoms with E-state index in [-0.39, 0.29) is 6.10 Å². The number of nitrogens with zero attached hydrogens (tertiary/aromatic N) is 3. The molecule has 1 aromatic rings. The number of aliphatic carboxylic acids is 2. The summed E-state index contributed by atoms with van der Waals surface area (Å²) < 4.78 is 83.3. The lowest BCUT2D eigenvalue weighted by Gasteiger charge is -2.36. The van der Waals surface area contributed by atoms with Crippen LogP contribution in [0.5, 0.6) is 0 Å². The number of aryl methyl sites for hydroxylation is 1. The van der Waals surface area contributed by atoms with Gasteiger partial charge in [0.15, 0.2) is 0 Å². The normalized spacial score (nSPS) is 24.1. The minimum Gasteiger partial charge on any atom is -0.475 e. The van der Waals surface area contributed by atoms with Gasteiger partial charge in [0.1, 0.15) is 5.82 Å². The average molecular weight is 578 g/mol. The van der Waals surface area contributed by atoms with E-state index in [0.717, 1.165) is 71.0 Å². The van der Waals surface area contributed by atoms with Crippen molar-refractivity contribution in [3.05, 3.63) is 18.2 Å². The number of hydrogen-bond acceptors (Lipinski definition) is 7. The van der Waals surface area contributed by atoms with Crippen molar-refractivity contribution >= 4 is 11.9 Å². The second-order valence-electron chi connectivity index (χ2n) is 9.35. The first-order chi connectivity index (χ1) is 18.2. The number of likely N-dealkylation sites (tertiary alicyclic amines) is 1. The second-order valence-corrected chi connectivity index (χ2v) is 9.35. The number of imidazole rings is 1. The maximum Gasteiger partial charge on any atom is 0.490 e.